The quantitative estimate of drug-likeness (QED) is 0.840. The van der Waals surface area contributed by atoms with E-state index in [0.717, 1.165) is 24.5 Å². The fourth-order valence-corrected chi connectivity index (χ4v) is 2.63. The molecule has 0 amide bonds. The first-order valence-corrected chi connectivity index (χ1v) is 7.15. The minimum Gasteiger partial charge on any atom is -0.381 e. The second-order valence-electron chi connectivity index (χ2n) is 4.99. The lowest BCUT2D eigenvalue weighted by Crippen LogP contribution is -2.17. The van der Waals surface area contributed by atoms with E-state index in [1.54, 1.807) is 0 Å². The number of nitrogens with zero attached hydrogens (tertiary/aromatic N) is 2. The van der Waals surface area contributed by atoms with Crippen LogP contribution in [0.3, 0.4) is 0 Å². The van der Waals surface area contributed by atoms with Gasteiger partial charge in [0, 0.05) is 25.4 Å². The van der Waals surface area contributed by atoms with Crippen molar-refractivity contribution in [1.29, 1.82) is 0 Å². The van der Waals surface area contributed by atoms with Crippen LogP contribution in [0.5, 0.6) is 0 Å². The van der Waals surface area contributed by atoms with Crippen LogP contribution in [0.25, 0.3) is 0 Å². The van der Waals surface area contributed by atoms with Gasteiger partial charge in [-0.2, -0.15) is 0 Å². The zero-order valence-corrected chi connectivity index (χ0v) is 11.3. The van der Waals surface area contributed by atoms with Crippen molar-refractivity contribution in [2.45, 2.75) is 51.4 Å². The van der Waals surface area contributed by atoms with Gasteiger partial charge in [0.15, 0.2) is 0 Å². The summed E-state index contributed by atoms with van der Waals surface area (Å²) in [6, 6.07) is 0. The molecule has 2 rings (SSSR count). The van der Waals surface area contributed by atoms with Crippen molar-refractivity contribution in [2.75, 3.05) is 18.4 Å². The van der Waals surface area contributed by atoms with Gasteiger partial charge in [-0.25, -0.2) is 9.97 Å². The standard InChI is InChI=1S/C14H24N4/c1-2-13-17-10-12(16-9-8-15)14(18-13)11-6-4-3-5-7-11/h10-11,16H,2-9,15H2,1H3. The Hall–Kier alpha value is -1.16. The third-order valence-corrected chi connectivity index (χ3v) is 3.64. The molecule has 0 atom stereocenters. The SMILES string of the molecule is CCc1ncc(NCCN)c(C2CCCCC2)n1. The van der Waals surface area contributed by atoms with Gasteiger partial charge >= 0.3 is 0 Å². The Morgan fingerprint density at radius 3 is 2.78 bits per heavy atom. The van der Waals surface area contributed by atoms with Crippen molar-refractivity contribution >= 4 is 5.69 Å². The molecule has 4 heteroatoms. The summed E-state index contributed by atoms with van der Waals surface area (Å²) in [5.41, 5.74) is 7.86. The molecular formula is C14H24N4. The Balaban J connectivity index is 2.21. The predicted molar refractivity (Wildman–Crippen MR) is 74.8 cm³/mol. The van der Waals surface area contributed by atoms with Gasteiger partial charge in [0.25, 0.3) is 0 Å². The van der Waals surface area contributed by atoms with Crippen LogP contribution < -0.4 is 11.1 Å². The fourth-order valence-electron chi connectivity index (χ4n) is 2.63. The third kappa shape index (κ3) is 3.19. The van der Waals surface area contributed by atoms with Crippen LogP contribution in [-0.4, -0.2) is 23.1 Å². The number of hydrogen-bond acceptors (Lipinski definition) is 4. The van der Waals surface area contributed by atoms with Crippen molar-refractivity contribution in [3.63, 3.8) is 0 Å². The topological polar surface area (TPSA) is 63.8 Å². The minimum absolute atomic E-state index is 0.604. The summed E-state index contributed by atoms with van der Waals surface area (Å²) in [5, 5.41) is 3.36. The molecule has 1 heterocycles. The molecule has 0 aliphatic heterocycles. The van der Waals surface area contributed by atoms with E-state index in [0.29, 0.717) is 12.5 Å². The van der Waals surface area contributed by atoms with E-state index in [-0.39, 0.29) is 0 Å². The first-order valence-electron chi connectivity index (χ1n) is 7.15. The van der Waals surface area contributed by atoms with E-state index in [2.05, 4.69) is 17.2 Å². The summed E-state index contributed by atoms with van der Waals surface area (Å²) >= 11 is 0. The van der Waals surface area contributed by atoms with Crippen molar-refractivity contribution in [3.8, 4) is 0 Å². The van der Waals surface area contributed by atoms with Gasteiger partial charge in [-0.15, -0.1) is 0 Å². The molecule has 3 N–H and O–H groups in total. The molecule has 0 radical (unpaired) electrons. The van der Waals surface area contributed by atoms with Crippen LogP contribution in [0, 0.1) is 0 Å². The molecule has 0 bridgehead atoms. The monoisotopic (exact) mass is 248 g/mol. The minimum atomic E-state index is 0.604. The predicted octanol–water partition coefficient (Wildman–Crippen LogP) is 2.46. The summed E-state index contributed by atoms with van der Waals surface area (Å²) in [7, 11) is 0. The molecule has 0 spiro atoms. The second kappa shape index (κ2) is 6.69. The normalized spacial score (nSPS) is 16.8. The highest BCUT2D eigenvalue weighted by molar-refractivity contribution is 5.47. The summed E-state index contributed by atoms with van der Waals surface area (Å²) in [5.74, 6) is 1.56. The number of nitrogens with one attached hydrogen (secondary N) is 1. The van der Waals surface area contributed by atoms with Gasteiger partial charge in [0.2, 0.25) is 0 Å². The first-order chi connectivity index (χ1) is 8.85. The first kappa shape index (κ1) is 13.3. The highest BCUT2D eigenvalue weighted by Gasteiger charge is 2.20. The van der Waals surface area contributed by atoms with E-state index < -0.39 is 0 Å². The molecule has 0 saturated heterocycles. The summed E-state index contributed by atoms with van der Waals surface area (Å²) in [6.07, 6.45) is 9.38. The lowest BCUT2D eigenvalue weighted by Gasteiger charge is -2.23. The molecule has 1 aromatic rings. The highest BCUT2D eigenvalue weighted by Crippen LogP contribution is 2.34. The van der Waals surface area contributed by atoms with Crippen LogP contribution >= 0.6 is 0 Å². The molecule has 100 valence electrons. The average molecular weight is 248 g/mol. The molecule has 1 aliphatic carbocycles. The average Bonchev–Trinajstić information content (AvgIpc) is 2.46. The maximum Gasteiger partial charge on any atom is 0.128 e. The lowest BCUT2D eigenvalue weighted by molar-refractivity contribution is 0.436. The largest absolute Gasteiger partial charge is 0.381 e. The van der Waals surface area contributed by atoms with E-state index in [4.69, 9.17) is 10.7 Å². The van der Waals surface area contributed by atoms with E-state index >= 15 is 0 Å². The van der Waals surface area contributed by atoms with Crippen molar-refractivity contribution in [3.05, 3.63) is 17.7 Å². The maximum atomic E-state index is 5.56. The van der Waals surface area contributed by atoms with Crippen molar-refractivity contribution < 1.29 is 0 Å². The van der Waals surface area contributed by atoms with E-state index in [1.807, 2.05) is 6.20 Å². The lowest BCUT2D eigenvalue weighted by atomic mass is 9.86. The van der Waals surface area contributed by atoms with Gasteiger partial charge in [0.1, 0.15) is 5.82 Å². The molecule has 1 saturated carbocycles. The van der Waals surface area contributed by atoms with Gasteiger partial charge in [-0.3, -0.25) is 0 Å². The van der Waals surface area contributed by atoms with Crippen LogP contribution in [0.4, 0.5) is 5.69 Å². The zero-order valence-electron chi connectivity index (χ0n) is 11.3. The van der Waals surface area contributed by atoms with Crippen LogP contribution in [0.2, 0.25) is 0 Å². The van der Waals surface area contributed by atoms with Gasteiger partial charge < -0.3 is 11.1 Å². The molecule has 1 aliphatic rings. The fraction of sp³-hybridized carbons (Fsp3) is 0.714. The Morgan fingerprint density at radius 1 is 1.33 bits per heavy atom. The highest BCUT2D eigenvalue weighted by atomic mass is 15.0. The van der Waals surface area contributed by atoms with Crippen molar-refractivity contribution in [2.24, 2.45) is 5.73 Å². The Labute approximate surface area is 109 Å². The maximum absolute atomic E-state index is 5.56. The van der Waals surface area contributed by atoms with E-state index in [1.165, 1.54) is 37.8 Å². The third-order valence-electron chi connectivity index (χ3n) is 3.64. The molecule has 18 heavy (non-hydrogen) atoms. The number of anilines is 1. The zero-order chi connectivity index (χ0) is 12.8. The van der Waals surface area contributed by atoms with Crippen LogP contribution in [-0.2, 0) is 6.42 Å². The molecule has 0 unspecified atom stereocenters. The molecule has 1 fully saturated rings. The smallest absolute Gasteiger partial charge is 0.128 e. The van der Waals surface area contributed by atoms with Gasteiger partial charge in [-0.1, -0.05) is 26.2 Å². The van der Waals surface area contributed by atoms with Gasteiger partial charge in [-0.05, 0) is 12.8 Å². The second-order valence-corrected chi connectivity index (χ2v) is 4.99. The van der Waals surface area contributed by atoms with Crippen LogP contribution in [0.1, 0.15) is 56.5 Å². The van der Waals surface area contributed by atoms with Crippen LogP contribution in [0.15, 0.2) is 6.20 Å². The Bertz CT molecular complexity index is 372. The number of rotatable bonds is 5. The number of nitrogens with two attached hydrogens (primary N) is 1. The molecule has 0 aromatic carbocycles. The summed E-state index contributed by atoms with van der Waals surface area (Å²) in [4.78, 5) is 9.14. The van der Waals surface area contributed by atoms with Gasteiger partial charge in [0.05, 0.1) is 17.6 Å². The molecule has 1 aromatic heterocycles. The number of aromatic nitrogens is 2. The Kier molecular flexibility index (Phi) is 4.93. The van der Waals surface area contributed by atoms with E-state index in [9.17, 15) is 0 Å². The molecule has 4 nitrogen and oxygen atoms in total. The number of hydrogen-bond donors (Lipinski definition) is 2. The molecular weight excluding hydrogens is 224 g/mol. The summed E-state index contributed by atoms with van der Waals surface area (Å²) < 4.78 is 0. The summed E-state index contributed by atoms with van der Waals surface area (Å²) in [6.45, 7) is 3.53. The number of aryl methyl sites for hydroxylation is 1. The van der Waals surface area contributed by atoms with Crippen molar-refractivity contribution in [1.82, 2.24) is 9.97 Å². The Morgan fingerprint density at radius 2 is 2.11 bits per heavy atom.